The molecule has 3 heterocycles. The lowest BCUT2D eigenvalue weighted by atomic mass is 9.86. The Hall–Kier alpha value is -0.610. The van der Waals surface area contributed by atoms with Crippen LogP contribution < -0.4 is 0 Å². The van der Waals surface area contributed by atoms with Crippen molar-refractivity contribution in [1.29, 1.82) is 0 Å². The lowest BCUT2D eigenvalue weighted by Crippen LogP contribution is -2.39. The van der Waals surface area contributed by atoms with E-state index < -0.39 is 0 Å². The molecule has 3 fully saturated rings. The lowest BCUT2D eigenvalue weighted by Gasteiger charge is -2.25. The highest BCUT2D eigenvalue weighted by molar-refractivity contribution is 5.81. The Morgan fingerprint density at radius 3 is 2.76 bits per heavy atom. The summed E-state index contributed by atoms with van der Waals surface area (Å²) in [4.78, 5) is 16.7. The van der Waals surface area contributed by atoms with Crippen LogP contribution in [0.1, 0.15) is 25.7 Å². The lowest BCUT2D eigenvalue weighted by molar-refractivity contribution is -0.140. The second-order valence-electron chi connectivity index (χ2n) is 6.00. The van der Waals surface area contributed by atoms with Gasteiger partial charge in [0.05, 0.1) is 0 Å². The molecule has 1 spiro atoms. The molecule has 0 aromatic heterocycles. The van der Waals surface area contributed by atoms with Crippen LogP contribution in [0.4, 0.5) is 0 Å². The first-order valence-electron chi connectivity index (χ1n) is 6.78. The van der Waals surface area contributed by atoms with Gasteiger partial charge < -0.3 is 14.5 Å². The summed E-state index contributed by atoms with van der Waals surface area (Å²) in [5.74, 6) is 0.244. The summed E-state index contributed by atoms with van der Waals surface area (Å²) in [6.45, 7) is 4.99. The van der Waals surface area contributed by atoms with E-state index in [1.807, 2.05) is 0 Å². The Morgan fingerprint density at radius 2 is 2.12 bits per heavy atom. The third-order valence-electron chi connectivity index (χ3n) is 4.58. The van der Waals surface area contributed by atoms with Crippen LogP contribution in [0.25, 0.3) is 0 Å². The highest BCUT2D eigenvalue weighted by atomic mass is 16.5. The fourth-order valence-corrected chi connectivity index (χ4v) is 3.59. The zero-order valence-corrected chi connectivity index (χ0v) is 10.7. The summed E-state index contributed by atoms with van der Waals surface area (Å²) in [5.41, 5.74) is 0.392. The standard InChI is InChI=1S/C13H22N2O2/c1-14-6-4-13(9-14)5-7-15(10-13)12(16)11-3-2-8-17-11/h11H,2-10H2,1H3/t11-,13+/m0/s1. The Labute approximate surface area is 103 Å². The maximum atomic E-state index is 12.3. The van der Waals surface area contributed by atoms with Gasteiger partial charge in [0, 0.05) is 31.7 Å². The first kappa shape index (κ1) is 11.5. The van der Waals surface area contributed by atoms with Crippen molar-refractivity contribution in [2.24, 2.45) is 5.41 Å². The average Bonchev–Trinajstić information content (AvgIpc) is 3.02. The topological polar surface area (TPSA) is 32.8 Å². The normalized spacial score (nSPS) is 38.4. The molecule has 96 valence electrons. The SMILES string of the molecule is CN1CC[C@@]2(CCN(C(=O)[C@@H]3CCCO3)C2)C1. The predicted molar refractivity (Wildman–Crippen MR) is 64.7 cm³/mol. The highest BCUT2D eigenvalue weighted by Crippen LogP contribution is 2.39. The molecular weight excluding hydrogens is 216 g/mol. The van der Waals surface area contributed by atoms with Gasteiger partial charge in [-0.25, -0.2) is 0 Å². The van der Waals surface area contributed by atoms with Gasteiger partial charge in [0.25, 0.3) is 5.91 Å². The van der Waals surface area contributed by atoms with Crippen molar-refractivity contribution in [3.8, 4) is 0 Å². The average molecular weight is 238 g/mol. The highest BCUT2D eigenvalue weighted by Gasteiger charge is 2.45. The number of rotatable bonds is 1. The summed E-state index contributed by atoms with van der Waals surface area (Å²) in [7, 11) is 2.18. The van der Waals surface area contributed by atoms with Gasteiger partial charge in [0.15, 0.2) is 0 Å². The molecule has 0 aromatic rings. The van der Waals surface area contributed by atoms with Gasteiger partial charge in [0.1, 0.15) is 6.10 Å². The third kappa shape index (κ3) is 2.08. The zero-order valence-electron chi connectivity index (χ0n) is 10.7. The molecule has 0 aliphatic carbocycles. The second kappa shape index (κ2) is 4.25. The van der Waals surface area contributed by atoms with Crippen molar-refractivity contribution in [2.45, 2.75) is 31.8 Å². The first-order valence-corrected chi connectivity index (χ1v) is 6.78. The third-order valence-corrected chi connectivity index (χ3v) is 4.58. The Morgan fingerprint density at radius 1 is 1.29 bits per heavy atom. The van der Waals surface area contributed by atoms with Crippen molar-refractivity contribution in [3.05, 3.63) is 0 Å². The number of hydrogen-bond acceptors (Lipinski definition) is 3. The van der Waals surface area contributed by atoms with Crippen LogP contribution in [0, 0.1) is 5.41 Å². The molecule has 0 aromatic carbocycles. The molecule has 0 radical (unpaired) electrons. The molecule has 0 bridgehead atoms. The minimum Gasteiger partial charge on any atom is -0.368 e. The molecule has 4 heteroatoms. The van der Waals surface area contributed by atoms with Gasteiger partial charge in [-0.3, -0.25) is 4.79 Å². The van der Waals surface area contributed by atoms with E-state index in [2.05, 4.69) is 16.8 Å². The van der Waals surface area contributed by atoms with E-state index in [9.17, 15) is 4.79 Å². The minimum absolute atomic E-state index is 0.135. The first-order chi connectivity index (χ1) is 8.19. The van der Waals surface area contributed by atoms with Crippen LogP contribution in [-0.4, -0.2) is 61.6 Å². The quantitative estimate of drug-likeness (QED) is 0.675. The smallest absolute Gasteiger partial charge is 0.251 e. The van der Waals surface area contributed by atoms with Gasteiger partial charge in [0.2, 0.25) is 0 Å². The number of ether oxygens (including phenoxy) is 1. The van der Waals surface area contributed by atoms with E-state index in [0.717, 1.165) is 39.1 Å². The maximum absolute atomic E-state index is 12.3. The van der Waals surface area contributed by atoms with Gasteiger partial charge in [-0.15, -0.1) is 0 Å². The van der Waals surface area contributed by atoms with Crippen molar-refractivity contribution >= 4 is 5.91 Å². The van der Waals surface area contributed by atoms with Crippen molar-refractivity contribution in [3.63, 3.8) is 0 Å². The summed E-state index contributed by atoms with van der Waals surface area (Å²) in [6.07, 6.45) is 4.25. The number of carbonyl (C=O) groups is 1. The van der Waals surface area contributed by atoms with E-state index in [-0.39, 0.29) is 12.0 Å². The molecule has 3 aliphatic rings. The summed E-state index contributed by atoms with van der Waals surface area (Å²) < 4.78 is 5.50. The molecule has 17 heavy (non-hydrogen) atoms. The monoisotopic (exact) mass is 238 g/mol. The van der Waals surface area contributed by atoms with Crippen LogP contribution in [0.5, 0.6) is 0 Å². The predicted octanol–water partition coefficient (Wildman–Crippen LogP) is 0.720. The maximum Gasteiger partial charge on any atom is 0.251 e. The molecule has 0 N–H and O–H groups in total. The van der Waals surface area contributed by atoms with Crippen LogP contribution in [0.2, 0.25) is 0 Å². The summed E-state index contributed by atoms with van der Waals surface area (Å²) in [6, 6.07) is 0. The molecule has 3 saturated heterocycles. The van der Waals surface area contributed by atoms with Gasteiger partial charge in [-0.1, -0.05) is 0 Å². The Kier molecular flexibility index (Phi) is 2.87. The number of nitrogens with zero attached hydrogens (tertiary/aromatic N) is 2. The van der Waals surface area contributed by atoms with E-state index in [1.165, 1.54) is 19.4 Å². The largest absolute Gasteiger partial charge is 0.368 e. The number of carbonyl (C=O) groups excluding carboxylic acids is 1. The Bertz CT molecular complexity index is 315. The molecule has 1 amide bonds. The molecular formula is C13H22N2O2. The van der Waals surface area contributed by atoms with Crippen molar-refractivity contribution in [2.75, 3.05) is 39.8 Å². The van der Waals surface area contributed by atoms with Crippen molar-refractivity contribution < 1.29 is 9.53 Å². The van der Waals surface area contributed by atoms with Crippen LogP contribution in [0.15, 0.2) is 0 Å². The molecule has 2 atom stereocenters. The van der Waals surface area contributed by atoms with Gasteiger partial charge >= 0.3 is 0 Å². The van der Waals surface area contributed by atoms with Gasteiger partial charge in [-0.2, -0.15) is 0 Å². The van der Waals surface area contributed by atoms with E-state index >= 15 is 0 Å². The molecule has 0 unspecified atom stereocenters. The van der Waals surface area contributed by atoms with Crippen LogP contribution in [-0.2, 0) is 9.53 Å². The fraction of sp³-hybridized carbons (Fsp3) is 0.923. The molecule has 0 saturated carbocycles. The minimum atomic E-state index is -0.135. The van der Waals surface area contributed by atoms with E-state index in [4.69, 9.17) is 4.74 Å². The summed E-state index contributed by atoms with van der Waals surface area (Å²) >= 11 is 0. The van der Waals surface area contributed by atoms with Crippen molar-refractivity contribution in [1.82, 2.24) is 9.80 Å². The molecule has 4 nitrogen and oxygen atoms in total. The number of likely N-dealkylation sites (tertiary alicyclic amines) is 2. The number of hydrogen-bond donors (Lipinski definition) is 0. The van der Waals surface area contributed by atoms with E-state index in [0.29, 0.717) is 5.41 Å². The molecule has 3 rings (SSSR count). The number of amides is 1. The van der Waals surface area contributed by atoms with Crippen LogP contribution >= 0.6 is 0 Å². The fourth-order valence-electron chi connectivity index (χ4n) is 3.59. The zero-order chi connectivity index (χ0) is 11.9. The summed E-state index contributed by atoms with van der Waals surface area (Å²) in [5, 5.41) is 0. The van der Waals surface area contributed by atoms with Crippen LogP contribution in [0.3, 0.4) is 0 Å². The van der Waals surface area contributed by atoms with E-state index in [1.54, 1.807) is 0 Å². The van der Waals surface area contributed by atoms with Gasteiger partial charge in [-0.05, 0) is 39.3 Å². The second-order valence-corrected chi connectivity index (χ2v) is 6.00. The molecule has 3 aliphatic heterocycles. The Balaban J connectivity index is 1.61.